The SMILES string of the molecule is CCc1ccnc(CNC(C)C)c1. The van der Waals surface area contributed by atoms with Gasteiger partial charge in [-0.1, -0.05) is 20.8 Å². The zero-order chi connectivity index (χ0) is 9.68. The van der Waals surface area contributed by atoms with Crippen LogP contribution in [0.1, 0.15) is 32.0 Å². The molecule has 2 heteroatoms. The van der Waals surface area contributed by atoms with Gasteiger partial charge in [0.2, 0.25) is 0 Å². The topological polar surface area (TPSA) is 24.9 Å². The smallest absolute Gasteiger partial charge is 0.0544 e. The van der Waals surface area contributed by atoms with E-state index in [0.29, 0.717) is 6.04 Å². The first-order valence-corrected chi connectivity index (χ1v) is 4.89. The molecular weight excluding hydrogens is 160 g/mol. The number of aromatic nitrogens is 1. The minimum Gasteiger partial charge on any atom is -0.309 e. The highest BCUT2D eigenvalue weighted by atomic mass is 14.9. The van der Waals surface area contributed by atoms with Gasteiger partial charge >= 0.3 is 0 Å². The third-order valence-electron chi connectivity index (χ3n) is 1.98. The predicted octanol–water partition coefficient (Wildman–Crippen LogP) is 2.14. The molecule has 1 rings (SSSR count). The fourth-order valence-electron chi connectivity index (χ4n) is 1.15. The lowest BCUT2D eigenvalue weighted by atomic mass is 10.2. The lowest BCUT2D eigenvalue weighted by Gasteiger charge is -2.07. The second-order valence-electron chi connectivity index (χ2n) is 3.54. The van der Waals surface area contributed by atoms with E-state index in [-0.39, 0.29) is 0 Å². The molecule has 0 bridgehead atoms. The van der Waals surface area contributed by atoms with Crippen LogP contribution in [-0.2, 0) is 13.0 Å². The van der Waals surface area contributed by atoms with Gasteiger partial charge in [-0.05, 0) is 24.1 Å². The largest absolute Gasteiger partial charge is 0.309 e. The summed E-state index contributed by atoms with van der Waals surface area (Å²) in [5.74, 6) is 0. The van der Waals surface area contributed by atoms with Gasteiger partial charge in [-0.3, -0.25) is 4.98 Å². The summed E-state index contributed by atoms with van der Waals surface area (Å²) >= 11 is 0. The van der Waals surface area contributed by atoms with Crippen LogP contribution >= 0.6 is 0 Å². The van der Waals surface area contributed by atoms with Crippen LogP contribution in [0.3, 0.4) is 0 Å². The van der Waals surface area contributed by atoms with E-state index in [1.165, 1.54) is 5.56 Å². The number of pyridine rings is 1. The van der Waals surface area contributed by atoms with Crippen LogP contribution in [0.25, 0.3) is 0 Å². The average molecular weight is 178 g/mol. The molecular formula is C11H18N2. The van der Waals surface area contributed by atoms with Crippen LogP contribution in [0.2, 0.25) is 0 Å². The molecule has 0 radical (unpaired) electrons. The summed E-state index contributed by atoms with van der Waals surface area (Å²) in [4.78, 5) is 4.30. The zero-order valence-corrected chi connectivity index (χ0v) is 8.67. The molecule has 1 N–H and O–H groups in total. The number of aryl methyl sites for hydroxylation is 1. The van der Waals surface area contributed by atoms with Crippen molar-refractivity contribution in [2.24, 2.45) is 0 Å². The molecule has 0 spiro atoms. The zero-order valence-electron chi connectivity index (χ0n) is 8.67. The van der Waals surface area contributed by atoms with E-state index in [9.17, 15) is 0 Å². The average Bonchev–Trinajstić information content (AvgIpc) is 2.15. The third-order valence-corrected chi connectivity index (χ3v) is 1.98. The van der Waals surface area contributed by atoms with Gasteiger partial charge in [0.05, 0.1) is 5.69 Å². The third kappa shape index (κ3) is 3.55. The maximum atomic E-state index is 4.30. The Balaban J connectivity index is 2.56. The molecule has 1 aromatic rings. The molecule has 1 heterocycles. The van der Waals surface area contributed by atoms with Gasteiger partial charge in [-0.25, -0.2) is 0 Å². The summed E-state index contributed by atoms with van der Waals surface area (Å²) in [5.41, 5.74) is 2.49. The monoisotopic (exact) mass is 178 g/mol. The maximum Gasteiger partial charge on any atom is 0.0544 e. The fraction of sp³-hybridized carbons (Fsp3) is 0.545. The highest BCUT2D eigenvalue weighted by Crippen LogP contribution is 2.02. The van der Waals surface area contributed by atoms with Crippen LogP contribution in [0.4, 0.5) is 0 Å². The lowest BCUT2D eigenvalue weighted by Crippen LogP contribution is -2.22. The summed E-state index contributed by atoms with van der Waals surface area (Å²) in [6.45, 7) is 7.31. The van der Waals surface area contributed by atoms with Gasteiger partial charge in [0, 0.05) is 18.8 Å². The molecule has 1 aromatic heterocycles. The highest BCUT2D eigenvalue weighted by Gasteiger charge is 1.97. The minimum absolute atomic E-state index is 0.520. The molecule has 0 aliphatic heterocycles. The molecule has 0 aliphatic rings. The van der Waals surface area contributed by atoms with Gasteiger partial charge in [0.15, 0.2) is 0 Å². The van der Waals surface area contributed by atoms with Crippen molar-refractivity contribution in [2.75, 3.05) is 0 Å². The van der Waals surface area contributed by atoms with E-state index in [2.05, 4.69) is 43.2 Å². The molecule has 0 atom stereocenters. The second-order valence-corrected chi connectivity index (χ2v) is 3.54. The Labute approximate surface area is 80.4 Å². The maximum absolute atomic E-state index is 4.30. The lowest BCUT2D eigenvalue weighted by molar-refractivity contribution is 0.581. The molecule has 0 amide bonds. The predicted molar refractivity (Wildman–Crippen MR) is 55.6 cm³/mol. The van der Waals surface area contributed by atoms with Gasteiger partial charge < -0.3 is 5.32 Å². The van der Waals surface area contributed by atoms with Gasteiger partial charge in [0.25, 0.3) is 0 Å². The Morgan fingerprint density at radius 2 is 2.23 bits per heavy atom. The number of hydrogen-bond donors (Lipinski definition) is 1. The molecule has 0 aliphatic carbocycles. The summed E-state index contributed by atoms with van der Waals surface area (Å²) in [6, 6.07) is 4.75. The van der Waals surface area contributed by atoms with Crippen LogP contribution in [0, 0.1) is 0 Å². The van der Waals surface area contributed by atoms with Crippen molar-refractivity contribution < 1.29 is 0 Å². The molecule has 0 saturated carbocycles. The molecule has 2 nitrogen and oxygen atoms in total. The molecule has 13 heavy (non-hydrogen) atoms. The Bertz CT molecular complexity index is 256. The Hall–Kier alpha value is -0.890. The summed E-state index contributed by atoms with van der Waals surface area (Å²) in [7, 11) is 0. The standard InChI is InChI=1S/C11H18N2/c1-4-10-5-6-12-11(7-10)8-13-9(2)3/h5-7,9,13H,4,8H2,1-3H3. The minimum atomic E-state index is 0.520. The quantitative estimate of drug-likeness (QED) is 0.764. The number of rotatable bonds is 4. The molecule has 0 aromatic carbocycles. The number of nitrogens with one attached hydrogen (secondary N) is 1. The van der Waals surface area contributed by atoms with Crippen molar-refractivity contribution in [1.29, 1.82) is 0 Å². The fourth-order valence-corrected chi connectivity index (χ4v) is 1.15. The summed E-state index contributed by atoms with van der Waals surface area (Å²) in [5, 5.41) is 3.35. The first-order valence-electron chi connectivity index (χ1n) is 4.89. The van der Waals surface area contributed by atoms with Crippen molar-refractivity contribution in [3.8, 4) is 0 Å². The Kier molecular flexibility index (Phi) is 3.90. The second kappa shape index (κ2) is 4.97. The molecule has 0 unspecified atom stereocenters. The van der Waals surface area contributed by atoms with Crippen molar-refractivity contribution >= 4 is 0 Å². The van der Waals surface area contributed by atoms with Crippen molar-refractivity contribution in [3.05, 3.63) is 29.6 Å². The van der Waals surface area contributed by atoms with Crippen LogP contribution in [0.5, 0.6) is 0 Å². The van der Waals surface area contributed by atoms with Gasteiger partial charge in [-0.2, -0.15) is 0 Å². The van der Waals surface area contributed by atoms with Crippen molar-refractivity contribution in [2.45, 2.75) is 39.8 Å². The van der Waals surface area contributed by atoms with E-state index in [1.54, 1.807) is 0 Å². The van der Waals surface area contributed by atoms with E-state index in [4.69, 9.17) is 0 Å². The van der Waals surface area contributed by atoms with Crippen LogP contribution < -0.4 is 5.32 Å². The van der Waals surface area contributed by atoms with E-state index in [1.807, 2.05) is 6.20 Å². The molecule has 0 fully saturated rings. The molecule has 72 valence electrons. The van der Waals surface area contributed by atoms with E-state index >= 15 is 0 Å². The highest BCUT2D eigenvalue weighted by molar-refractivity contribution is 5.16. The van der Waals surface area contributed by atoms with Gasteiger partial charge in [0.1, 0.15) is 0 Å². The Morgan fingerprint density at radius 1 is 1.46 bits per heavy atom. The normalized spacial score (nSPS) is 10.8. The summed E-state index contributed by atoms with van der Waals surface area (Å²) in [6.07, 6.45) is 2.97. The first kappa shape index (κ1) is 10.2. The van der Waals surface area contributed by atoms with Crippen molar-refractivity contribution in [3.63, 3.8) is 0 Å². The number of hydrogen-bond acceptors (Lipinski definition) is 2. The van der Waals surface area contributed by atoms with Crippen molar-refractivity contribution in [1.82, 2.24) is 10.3 Å². The van der Waals surface area contributed by atoms with E-state index < -0.39 is 0 Å². The molecule has 0 saturated heterocycles. The van der Waals surface area contributed by atoms with E-state index in [0.717, 1.165) is 18.7 Å². The first-order chi connectivity index (χ1) is 6.22. The van der Waals surface area contributed by atoms with Gasteiger partial charge in [-0.15, -0.1) is 0 Å². The summed E-state index contributed by atoms with van der Waals surface area (Å²) < 4.78 is 0. The number of nitrogens with zero attached hydrogens (tertiary/aromatic N) is 1. The van der Waals surface area contributed by atoms with Crippen LogP contribution in [0.15, 0.2) is 18.3 Å². The van der Waals surface area contributed by atoms with Crippen LogP contribution in [-0.4, -0.2) is 11.0 Å². The Morgan fingerprint density at radius 3 is 2.85 bits per heavy atom.